The maximum Gasteiger partial charge on any atom is 0.261 e. The quantitative estimate of drug-likeness (QED) is 0.617. The number of halogens is 2. The third kappa shape index (κ3) is 3.94. The Kier molecular flexibility index (Phi) is 4.98. The molecule has 3 aromatic rings. The molecule has 158 valence electrons. The summed E-state index contributed by atoms with van der Waals surface area (Å²) in [5.74, 6) is 1.59. The van der Waals surface area contributed by atoms with E-state index in [2.05, 4.69) is 26.0 Å². The van der Waals surface area contributed by atoms with Crippen molar-refractivity contribution >= 4 is 16.6 Å². The van der Waals surface area contributed by atoms with E-state index in [9.17, 15) is 13.6 Å². The topological polar surface area (TPSA) is 67.4 Å². The maximum absolute atomic E-state index is 12.6. The summed E-state index contributed by atoms with van der Waals surface area (Å²) in [6.45, 7) is 3.63. The summed E-state index contributed by atoms with van der Waals surface area (Å²) in [6, 6.07) is 7.50. The zero-order valence-electron chi connectivity index (χ0n) is 16.5. The van der Waals surface area contributed by atoms with E-state index in [-0.39, 0.29) is 0 Å². The van der Waals surface area contributed by atoms with E-state index in [0.717, 1.165) is 54.4 Å². The fourth-order valence-electron chi connectivity index (χ4n) is 3.98. The molecular weight excluding hydrogens is 392 g/mol. The van der Waals surface area contributed by atoms with Crippen molar-refractivity contribution in [2.45, 2.75) is 38.3 Å². The molecular formula is C21H23F2N5O2. The molecule has 9 heteroatoms. The first-order chi connectivity index (χ1) is 14.6. The summed E-state index contributed by atoms with van der Waals surface area (Å²) >= 11 is 0. The molecule has 0 spiro atoms. The van der Waals surface area contributed by atoms with Crippen LogP contribution in [0, 0.1) is 0 Å². The average Bonchev–Trinajstić information content (AvgIpc) is 3.49. The Morgan fingerprint density at radius 2 is 1.93 bits per heavy atom. The first-order valence-electron chi connectivity index (χ1n) is 10.3. The minimum atomic E-state index is -2.59. The fraction of sp³-hybridized carbons (Fsp3) is 0.476. The van der Waals surface area contributed by atoms with Gasteiger partial charge in [0.1, 0.15) is 5.76 Å². The van der Waals surface area contributed by atoms with Crippen LogP contribution in [0.3, 0.4) is 0 Å². The molecule has 1 aliphatic heterocycles. The van der Waals surface area contributed by atoms with E-state index in [4.69, 9.17) is 4.52 Å². The Morgan fingerprint density at radius 1 is 1.13 bits per heavy atom. The van der Waals surface area contributed by atoms with Crippen molar-refractivity contribution in [3.8, 4) is 0 Å². The van der Waals surface area contributed by atoms with Crippen LogP contribution in [-0.4, -0.2) is 52.2 Å². The summed E-state index contributed by atoms with van der Waals surface area (Å²) in [5, 5.41) is 4.56. The molecule has 0 bridgehead atoms. The highest BCUT2D eigenvalue weighted by Crippen LogP contribution is 2.40. The first kappa shape index (κ1) is 19.2. The van der Waals surface area contributed by atoms with Gasteiger partial charge >= 0.3 is 0 Å². The third-order valence-electron chi connectivity index (χ3n) is 5.82. The van der Waals surface area contributed by atoms with Gasteiger partial charge in [-0.3, -0.25) is 14.3 Å². The number of hydrogen-bond acceptors (Lipinski definition) is 6. The number of nitrogens with zero attached hydrogens (tertiary/aromatic N) is 5. The van der Waals surface area contributed by atoms with Crippen LogP contribution < -0.4 is 10.5 Å². The van der Waals surface area contributed by atoms with Gasteiger partial charge in [-0.1, -0.05) is 5.16 Å². The van der Waals surface area contributed by atoms with Crippen molar-refractivity contribution in [1.29, 1.82) is 0 Å². The molecule has 5 rings (SSSR count). The van der Waals surface area contributed by atoms with Crippen LogP contribution in [0.4, 0.5) is 14.5 Å². The van der Waals surface area contributed by atoms with Crippen molar-refractivity contribution in [3.05, 3.63) is 52.4 Å². The van der Waals surface area contributed by atoms with E-state index >= 15 is 0 Å². The van der Waals surface area contributed by atoms with Gasteiger partial charge in [-0.25, -0.2) is 13.8 Å². The van der Waals surface area contributed by atoms with Gasteiger partial charge in [-0.05, 0) is 31.0 Å². The zero-order chi connectivity index (χ0) is 20.7. The lowest BCUT2D eigenvalue weighted by Gasteiger charge is -2.35. The summed E-state index contributed by atoms with van der Waals surface area (Å²) in [4.78, 5) is 21.2. The molecule has 2 aliphatic rings. The summed E-state index contributed by atoms with van der Waals surface area (Å²) < 4.78 is 31.6. The van der Waals surface area contributed by atoms with Gasteiger partial charge in [0.15, 0.2) is 0 Å². The van der Waals surface area contributed by atoms with Crippen LogP contribution in [-0.2, 0) is 13.1 Å². The Morgan fingerprint density at radius 3 is 2.67 bits per heavy atom. The number of piperazine rings is 1. The van der Waals surface area contributed by atoms with Gasteiger partial charge < -0.3 is 9.42 Å². The van der Waals surface area contributed by atoms with E-state index in [1.54, 1.807) is 6.07 Å². The highest BCUT2D eigenvalue weighted by atomic mass is 19.3. The van der Waals surface area contributed by atoms with Gasteiger partial charge in [0.2, 0.25) is 0 Å². The van der Waals surface area contributed by atoms with Crippen molar-refractivity contribution in [2.75, 3.05) is 31.1 Å². The van der Waals surface area contributed by atoms with Crippen molar-refractivity contribution in [1.82, 2.24) is 19.6 Å². The number of benzene rings is 1. The van der Waals surface area contributed by atoms with Crippen molar-refractivity contribution < 1.29 is 13.3 Å². The standard InChI is InChI=1S/C21H23F2N5O2/c22-20(23)12-28-13-24-18-10-16(3-4-17(18)21(28)29)27-7-5-26(6-8-27)11-15-9-19(30-25-15)14-1-2-14/h3-4,9-10,13-14,20H,1-2,5-8,11-12H2. The van der Waals surface area contributed by atoms with E-state index in [1.807, 2.05) is 12.1 Å². The highest BCUT2D eigenvalue weighted by molar-refractivity contribution is 5.81. The molecule has 30 heavy (non-hydrogen) atoms. The predicted octanol–water partition coefficient (Wildman–Crippen LogP) is 2.85. The second-order valence-electron chi connectivity index (χ2n) is 8.05. The van der Waals surface area contributed by atoms with Gasteiger partial charge in [0.05, 0.1) is 29.5 Å². The van der Waals surface area contributed by atoms with Gasteiger partial charge in [0.25, 0.3) is 12.0 Å². The lowest BCUT2D eigenvalue weighted by Crippen LogP contribution is -2.46. The Balaban J connectivity index is 1.24. The lowest BCUT2D eigenvalue weighted by molar-refractivity contribution is 0.125. The molecule has 1 saturated carbocycles. The van der Waals surface area contributed by atoms with Crippen LogP contribution in [0.15, 0.2) is 39.9 Å². The molecule has 3 heterocycles. The van der Waals surface area contributed by atoms with Crippen LogP contribution >= 0.6 is 0 Å². The van der Waals surface area contributed by atoms with E-state index in [1.165, 1.54) is 19.2 Å². The number of hydrogen-bond donors (Lipinski definition) is 0. The van der Waals surface area contributed by atoms with Crippen LogP contribution in [0.2, 0.25) is 0 Å². The van der Waals surface area contributed by atoms with Gasteiger partial charge in [0, 0.05) is 50.4 Å². The smallest absolute Gasteiger partial charge is 0.261 e. The summed E-state index contributed by atoms with van der Waals surface area (Å²) in [5.41, 5.74) is 2.06. The molecule has 2 aromatic heterocycles. The monoisotopic (exact) mass is 415 g/mol. The molecule has 0 N–H and O–H groups in total. The number of aromatic nitrogens is 3. The maximum atomic E-state index is 12.6. The first-order valence-corrected chi connectivity index (χ1v) is 10.3. The molecule has 1 saturated heterocycles. The number of anilines is 1. The van der Waals surface area contributed by atoms with E-state index in [0.29, 0.717) is 16.8 Å². The van der Waals surface area contributed by atoms with Gasteiger partial charge in [-0.15, -0.1) is 0 Å². The van der Waals surface area contributed by atoms with Crippen LogP contribution in [0.25, 0.3) is 10.9 Å². The van der Waals surface area contributed by atoms with Crippen molar-refractivity contribution in [3.63, 3.8) is 0 Å². The fourth-order valence-corrected chi connectivity index (χ4v) is 3.98. The predicted molar refractivity (Wildman–Crippen MR) is 108 cm³/mol. The summed E-state index contributed by atoms with van der Waals surface area (Å²) in [7, 11) is 0. The molecule has 0 unspecified atom stereocenters. The molecule has 7 nitrogen and oxygen atoms in total. The molecule has 1 aliphatic carbocycles. The number of fused-ring (bicyclic) bond motifs is 1. The zero-order valence-corrected chi connectivity index (χ0v) is 16.5. The SMILES string of the molecule is O=c1c2ccc(N3CCN(Cc4cc(C5CC5)on4)CC3)cc2ncn1CC(F)F. The summed E-state index contributed by atoms with van der Waals surface area (Å²) in [6.07, 6.45) is 1.02. The molecule has 1 aromatic carbocycles. The molecule has 2 fully saturated rings. The second-order valence-corrected chi connectivity index (χ2v) is 8.05. The van der Waals surface area contributed by atoms with Crippen LogP contribution in [0.1, 0.15) is 30.2 Å². The Bertz CT molecular complexity index is 1100. The molecule has 0 amide bonds. The normalized spacial score (nSPS) is 17.9. The minimum Gasteiger partial charge on any atom is -0.369 e. The lowest BCUT2D eigenvalue weighted by atomic mass is 10.2. The number of alkyl halides is 2. The van der Waals surface area contributed by atoms with E-state index < -0.39 is 18.5 Å². The third-order valence-corrected chi connectivity index (χ3v) is 5.82. The highest BCUT2D eigenvalue weighted by Gasteiger charge is 2.28. The minimum absolute atomic E-state index is 0.359. The largest absolute Gasteiger partial charge is 0.369 e. The van der Waals surface area contributed by atoms with Gasteiger partial charge in [-0.2, -0.15) is 0 Å². The Labute approximate surface area is 171 Å². The van der Waals surface area contributed by atoms with Crippen LogP contribution in [0.5, 0.6) is 0 Å². The number of rotatable bonds is 6. The molecule has 0 atom stereocenters. The average molecular weight is 415 g/mol. The molecule has 0 radical (unpaired) electrons. The Hall–Kier alpha value is -2.81. The second kappa shape index (κ2) is 7.79. The van der Waals surface area contributed by atoms with Crippen molar-refractivity contribution in [2.24, 2.45) is 0 Å².